The molecular weight excluding hydrogens is 529 g/mol. The number of unbranched alkanes of at least 4 members (excludes halogenated alkanes) is 2. The maximum absolute atomic E-state index is 13.7. The molecule has 0 aliphatic rings. The van der Waals surface area contributed by atoms with Gasteiger partial charge in [0.2, 0.25) is 7.44 Å². The normalized spacial score (nSPS) is 12.9. The van der Waals surface area contributed by atoms with Crippen molar-refractivity contribution in [1.82, 2.24) is 19.7 Å². The average molecular weight is 576 g/mol. The summed E-state index contributed by atoms with van der Waals surface area (Å²) in [6.07, 6.45) is 6.53. The Morgan fingerprint density at radius 1 is 1.13 bits per heavy atom. The highest BCUT2D eigenvalue weighted by molar-refractivity contribution is 7.59. The molecule has 0 aromatic carbocycles. The summed E-state index contributed by atoms with van der Waals surface area (Å²) in [7, 11) is -3.60. The lowest BCUT2D eigenvalue weighted by atomic mass is 10.3. The largest absolute Gasteiger partial charge is 0.465 e. The lowest BCUT2D eigenvalue weighted by Crippen LogP contribution is -2.43. The second kappa shape index (κ2) is 21.2. The van der Waals surface area contributed by atoms with Gasteiger partial charge in [-0.15, -0.1) is 0 Å². The molecule has 39 heavy (non-hydrogen) atoms. The number of nitrogens with two attached hydrogens (primary N) is 1. The molecule has 1 aromatic rings. The quantitative estimate of drug-likeness (QED) is 0.0532. The van der Waals surface area contributed by atoms with Gasteiger partial charge >= 0.3 is 11.9 Å². The smallest absolute Gasteiger partial charge is 0.323 e. The molecule has 2 atom stereocenters. The number of aliphatic imine (C=N–C) groups is 1. The number of aliphatic hydroxyl groups excluding tert-OH is 1. The first-order valence-electron chi connectivity index (χ1n) is 13.1. The minimum atomic E-state index is -3.60. The molecule has 0 amide bonds. The number of nitrogens with one attached hydrogen (secondary N) is 3. The van der Waals surface area contributed by atoms with Crippen molar-refractivity contribution in [3.8, 4) is 0 Å². The average Bonchev–Trinajstić information content (AvgIpc) is 3.28. The molecule has 0 saturated heterocycles. The Hall–Kier alpha value is -2.64. The highest BCUT2D eigenvalue weighted by atomic mass is 31.2. The van der Waals surface area contributed by atoms with Gasteiger partial charge in [-0.1, -0.05) is 26.7 Å². The van der Waals surface area contributed by atoms with E-state index in [4.69, 9.17) is 30.5 Å². The lowest BCUT2D eigenvalue weighted by molar-refractivity contribution is -0.145. The van der Waals surface area contributed by atoms with Crippen LogP contribution >= 0.6 is 7.44 Å². The molecule has 1 aromatic heterocycles. The van der Waals surface area contributed by atoms with E-state index in [-0.39, 0.29) is 39.3 Å². The van der Waals surface area contributed by atoms with Gasteiger partial charge in [0.15, 0.2) is 5.82 Å². The van der Waals surface area contributed by atoms with Crippen LogP contribution in [0.25, 0.3) is 0 Å². The number of carbonyl (C=O) groups is 2. The predicted molar refractivity (Wildman–Crippen MR) is 151 cm³/mol. The van der Waals surface area contributed by atoms with Gasteiger partial charge in [-0.05, 0) is 33.6 Å². The van der Waals surface area contributed by atoms with E-state index in [0.29, 0.717) is 11.5 Å². The molecule has 0 aliphatic carbocycles. The number of carbonyl (C=O) groups excluding carboxylic acids is 2. The number of nitrogens with zero attached hydrogens (tertiary/aromatic N) is 3. The summed E-state index contributed by atoms with van der Waals surface area (Å²) in [5.41, 5.74) is 5.72. The summed E-state index contributed by atoms with van der Waals surface area (Å²) in [6, 6.07) is -1.80. The van der Waals surface area contributed by atoms with E-state index in [1.807, 2.05) is 13.8 Å². The SMILES string of the molecule is CCCCOC(=O)[C@H](C)NP(=O)(COCCn1cnc(C=N)c1/N=C/N)N[C@@H](C)C(=O)OCCCC.CCO. The Balaban J connectivity index is 0.00000458. The third-order valence-corrected chi connectivity index (χ3v) is 7.07. The molecule has 1 heterocycles. The van der Waals surface area contributed by atoms with Crippen molar-refractivity contribution < 1.29 is 33.5 Å². The Kier molecular flexibility index (Phi) is 19.8. The van der Waals surface area contributed by atoms with E-state index in [1.54, 1.807) is 11.5 Å². The molecule has 14 nitrogen and oxygen atoms in total. The zero-order chi connectivity index (χ0) is 29.7. The number of esters is 2. The van der Waals surface area contributed by atoms with Gasteiger partial charge in [0.1, 0.15) is 24.1 Å². The van der Waals surface area contributed by atoms with Crippen molar-refractivity contribution in [2.24, 2.45) is 10.7 Å². The predicted octanol–water partition coefficient (Wildman–Crippen LogP) is 2.31. The third kappa shape index (κ3) is 14.9. The first-order chi connectivity index (χ1) is 18.6. The van der Waals surface area contributed by atoms with Crippen molar-refractivity contribution in [1.29, 1.82) is 5.41 Å². The van der Waals surface area contributed by atoms with Crippen molar-refractivity contribution in [3.63, 3.8) is 0 Å². The van der Waals surface area contributed by atoms with E-state index in [1.165, 1.54) is 20.2 Å². The van der Waals surface area contributed by atoms with Crippen LogP contribution < -0.4 is 15.9 Å². The number of hydrogen-bond donors (Lipinski definition) is 5. The topological polar surface area (TPSA) is 203 Å². The zero-order valence-electron chi connectivity index (χ0n) is 23.7. The monoisotopic (exact) mass is 575 g/mol. The van der Waals surface area contributed by atoms with Crippen molar-refractivity contribution in [3.05, 3.63) is 12.0 Å². The highest BCUT2D eigenvalue weighted by Crippen LogP contribution is 2.37. The van der Waals surface area contributed by atoms with Gasteiger partial charge in [-0.3, -0.25) is 14.2 Å². The molecule has 6 N–H and O–H groups in total. The Bertz CT molecular complexity index is 893. The van der Waals surface area contributed by atoms with Crippen LogP contribution in [0.5, 0.6) is 0 Å². The van der Waals surface area contributed by atoms with Crippen molar-refractivity contribution in [2.75, 3.05) is 32.8 Å². The number of hydrogen-bond acceptors (Lipinski definition) is 10. The van der Waals surface area contributed by atoms with Gasteiger partial charge in [0, 0.05) is 19.4 Å². The number of imidazole rings is 1. The first kappa shape index (κ1) is 36.4. The number of rotatable bonds is 19. The summed E-state index contributed by atoms with van der Waals surface area (Å²) in [5, 5.41) is 20.5. The van der Waals surface area contributed by atoms with Crippen molar-refractivity contribution >= 4 is 37.8 Å². The molecule has 224 valence electrons. The van der Waals surface area contributed by atoms with Crippen LogP contribution in [0.2, 0.25) is 0 Å². The fourth-order valence-electron chi connectivity index (χ4n) is 2.95. The molecule has 0 saturated carbocycles. The molecule has 15 heteroatoms. The molecule has 0 radical (unpaired) electrons. The minimum Gasteiger partial charge on any atom is -0.465 e. The fourth-order valence-corrected chi connectivity index (χ4v) is 5.02. The molecule has 0 spiro atoms. The Morgan fingerprint density at radius 3 is 2.08 bits per heavy atom. The molecular formula is C24H46N7O7P. The zero-order valence-corrected chi connectivity index (χ0v) is 24.6. The van der Waals surface area contributed by atoms with Gasteiger partial charge in [0.25, 0.3) is 0 Å². The van der Waals surface area contributed by atoms with E-state index in [9.17, 15) is 14.2 Å². The van der Waals surface area contributed by atoms with Gasteiger partial charge in [-0.25, -0.2) is 20.2 Å². The summed E-state index contributed by atoms with van der Waals surface area (Å²) in [6.45, 7) is 9.90. The molecule has 1 rings (SSSR count). The second-order valence-electron chi connectivity index (χ2n) is 8.41. The van der Waals surface area contributed by atoms with Crippen LogP contribution in [0.1, 0.15) is 66.0 Å². The summed E-state index contributed by atoms with van der Waals surface area (Å²) in [5.74, 6) is -0.710. The van der Waals surface area contributed by atoms with Crippen LogP contribution in [0.4, 0.5) is 5.82 Å². The van der Waals surface area contributed by atoms with Crippen LogP contribution in [-0.4, -0.2) is 84.0 Å². The molecule has 0 unspecified atom stereocenters. The fraction of sp³-hybridized carbons (Fsp3) is 0.708. The number of ether oxygens (including phenoxy) is 3. The number of aromatic nitrogens is 2. The lowest BCUT2D eigenvalue weighted by Gasteiger charge is -2.26. The minimum absolute atomic E-state index is 0.110. The second-order valence-corrected chi connectivity index (χ2v) is 10.7. The van der Waals surface area contributed by atoms with Gasteiger partial charge in [-0.2, -0.15) is 0 Å². The standard InChI is InChI=1S/C22H40N7O6P.C2H6O/c1-5-7-10-34-21(30)17(3)27-36(32,28-18(4)22(31)35-11-8-6-2)16-33-12-9-29-15-26-19(13-23)20(29)25-14-24;1-2-3/h13-15,17-18,23H,5-12,16H2,1-4H3,(H2,24,25)(H2,27,28,32);3H,2H2,1H3/t17-,18-;/m0./s1. The van der Waals surface area contributed by atoms with Crippen LogP contribution in [-0.2, 0) is 34.9 Å². The van der Waals surface area contributed by atoms with Crippen LogP contribution in [0.3, 0.4) is 0 Å². The summed E-state index contributed by atoms with van der Waals surface area (Å²) >= 11 is 0. The summed E-state index contributed by atoms with van der Waals surface area (Å²) < 4.78 is 31.4. The highest BCUT2D eigenvalue weighted by Gasteiger charge is 2.32. The first-order valence-corrected chi connectivity index (χ1v) is 15.0. The van der Waals surface area contributed by atoms with Gasteiger partial charge in [0.05, 0.1) is 32.5 Å². The maximum Gasteiger partial charge on any atom is 0.323 e. The van der Waals surface area contributed by atoms with Crippen LogP contribution in [0.15, 0.2) is 11.3 Å². The van der Waals surface area contributed by atoms with E-state index in [0.717, 1.165) is 38.2 Å². The molecule has 0 bridgehead atoms. The maximum atomic E-state index is 13.7. The molecule has 0 fully saturated rings. The summed E-state index contributed by atoms with van der Waals surface area (Å²) in [4.78, 5) is 32.7. The third-order valence-electron chi connectivity index (χ3n) is 4.92. The van der Waals surface area contributed by atoms with E-state index >= 15 is 0 Å². The van der Waals surface area contributed by atoms with E-state index < -0.39 is 31.5 Å². The molecule has 0 aliphatic heterocycles. The Morgan fingerprint density at radius 2 is 1.64 bits per heavy atom. The number of aliphatic hydroxyl groups is 1. The van der Waals surface area contributed by atoms with Crippen LogP contribution in [0, 0.1) is 5.41 Å². The van der Waals surface area contributed by atoms with E-state index in [2.05, 4.69) is 20.2 Å². The Labute approximate surface area is 231 Å². The van der Waals surface area contributed by atoms with Crippen molar-refractivity contribution in [2.45, 2.75) is 78.9 Å². The van der Waals surface area contributed by atoms with Gasteiger partial charge < -0.3 is 35.0 Å².